The fourth-order valence-corrected chi connectivity index (χ4v) is 2.22. The number of ether oxygens (including phenoxy) is 2. The summed E-state index contributed by atoms with van der Waals surface area (Å²) in [7, 11) is 2.99. The molecule has 0 aliphatic heterocycles. The lowest BCUT2D eigenvalue weighted by Crippen LogP contribution is -2.12. The normalized spacial score (nSPS) is 13.2. The molecule has 0 aromatic heterocycles. The fraction of sp³-hybridized carbons (Fsp3) is 0.222. The Morgan fingerprint density at radius 3 is 1.27 bits per heavy atom. The standard InChI is InChI=1S/C18H18N2O6/c1-25-13-7-3-11(4-8-13)15(17(21)22)19-20-16(18(23)24)12-5-9-14(26-2)10-6-12/h3-10,15-16H,1-2H3,(H,21,22)(H,23,24). The van der Waals surface area contributed by atoms with E-state index in [9.17, 15) is 19.8 Å². The molecule has 136 valence electrons. The Hall–Kier alpha value is -3.42. The number of carboxylic acids is 2. The molecule has 0 radical (unpaired) electrons. The molecule has 0 bridgehead atoms. The van der Waals surface area contributed by atoms with Crippen LogP contribution in [-0.4, -0.2) is 36.4 Å². The second kappa shape index (κ2) is 8.61. The first-order chi connectivity index (χ1) is 12.5. The molecular formula is C18H18N2O6. The van der Waals surface area contributed by atoms with E-state index in [2.05, 4.69) is 10.2 Å². The van der Waals surface area contributed by atoms with Crippen LogP contribution in [0, 0.1) is 0 Å². The highest BCUT2D eigenvalue weighted by molar-refractivity contribution is 5.77. The van der Waals surface area contributed by atoms with Crippen molar-refractivity contribution in [1.82, 2.24) is 0 Å². The Morgan fingerprint density at radius 2 is 1.04 bits per heavy atom. The van der Waals surface area contributed by atoms with Gasteiger partial charge in [0.15, 0.2) is 12.1 Å². The van der Waals surface area contributed by atoms with E-state index in [0.29, 0.717) is 22.6 Å². The molecule has 2 atom stereocenters. The topological polar surface area (TPSA) is 118 Å². The van der Waals surface area contributed by atoms with Crippen molar-refractivity contribution in [2.24, 2.45) is 10.2 Å². The van der Waals surface area contributed by atoms with Crippen LogP contribution in [0.5, 0.6) is 11.5 Å². The second-order valence-corrected chi connectivity index (χ2v) is 5.26. The summed E-state index contributed by atoms with van der Waals surface area (Å²) in [5.74, 6) is -1.34. The highest BCUT2D eigenvalue weighted by Crippen LogP contribution is 2.26. The van der Waals surface area contributed by atoms with E-state index in [1.54, 1.807) is 48.5 Å². The predicted molar refractivity (Wildman–Crippen MR) is 91.6 cm³/mol. The molecule has 0 aliphatic rings. The van der Waals surface area contributed by atoms with Gasteiger partial charge in [0.2, 0.25) is 0 Å². The minimum absolute atomic E-state index is 0.362. The lowest BCUT2D eigenvalue weighted by molar-refractivity contribution is -0.140. The number of carboxylic acid groups (broad SMARTS) is 2. The third kappa shape index (κ3) is 4.56. The van der Waals surface area contributed by atoms with Gasteiger partial charge in [-0.1, -0.05) is 24.3 Å². The maximum Gasteiger partial charge on any atom is 0.335 e. The zero-order valence-corrected chi connectivity index (χ0v) is 14.2. The van der Waals surface area contributed by atoms with Crippen molar-refractivity contribution in [3.63, 3.8) is 0 Å². The Kier molecular flexibility index (Phi) is 6.26. The highest BCUT2D eigenvalue weighted by atomic mass is 16.5. The monoisotopic (exact) mass is 358 g/mol. The number of aliphatic carboxylic acids is 2. The number of hydrogen-bond donors (Lipinski definition) is 2. The third-order valence-electron chi connectivity index (χ3n) is 3.63. The van der Waals surface area contributed by atoms with Crippen molar-refractivity contribution in [3.05, 3.63) is 59.7 Å². The lowest BCUT2D eigenvalue weighted by Gasteiger charge is -2.11. The van der Waals surface area contributed by atoms with E-state index in [0.717, 1.165) is 0 Å². The smallest absolute Gasteiger partial charge is 0.335 e. The molecule has 2 N–H and O–H groups in total. The summed E-state index contributed by atoms with van der Waals surface area (Å²) in [6.45, 7) is 0. The Morgan fingerprint density at radius 1 is 0.731 bits per heavy atom. The average Bonchev–Trinajstić information content (AvgIpc) is 2.65. The van der Waals surface area contributed by atoms with Crippen molar-refractivity contribution >= 4 is 11.9 Å². The molecule has 2 unspecified atom stereocenters. The maximum atomic E-state index is 11.5. The number of nitrogens with zero attached hydrogens (tertiary/aromatic N) is 2. The highest BCUT2D eigenvalue weighted by Gasteiger charge is 2.23. The summed E-state index contributed by atoms with van der Waals surface area (Å²) in [5, 5.41) is 26.3. The van der Waals surface area contributed by atoms with Gasteiger partial charge in [-0.2, -0.15) is 10.2 Å². The molecule has 2 aromatic carbocycles. The summed E-state index contributed by atoms with van der Waals surface area (Å²) in [4.78, 5) is 23.0. The van der Waals surface area contributed by atoms with Gasteiger partial charge in [0.05, 0.1) is 14.2 Å². The number of carbonyl (C=O) groups is 2. The van der Waals surface area contributed by atoms with Crippen molar-refractivity contribution in [3.8, 4) is 11.5 Å². The van der Waals surface area contributed by atoms with Crippen LogP contribution in [-0.2, 0) is 9.59 Å². The van der Waals surface area contributed by atoms with Gasteiger partial charge >= 0.3 is 11.9 Å². The second-order valence-electron chi connectivity index (χ2n) is 5.26. The number of benzene rings is 2. The van der Waals surface area contributed by atoms with Crippen molar-refractivity contribution in [1.29, 1.82) is 0 Å². The summed E-state index contributed by atoms with van der Waals surface area (Å²) >= 11 is 0. The molecule has 0 spiro atoms. The van der Waals surface area contributed by atoms with E-state index in [-0.39, 0.29) is 0 Å². The van der Waals surface area contributed by atoms with Crippen LogP contribution < -0.4 is 9.47 Å². The summed E-state index contributed by atoms with van der Waals surface area (Å²) in [6, 6.07) is 9.91. The van der Waals surface area contributed by atoms with Crippen LogP contribution in [0.1, 0.15) is 23.2 Å². The van der Waals surface area contributed by atoms with Gasteiger partial charge in [-0.3, -0.25) is 0 Å². The molecule has 0 saturated heterocycles. The van der Waals surface area contributed by atoms with E-state index in [1.807, 2.05) is 0 Å². The number of hydrogen-bond acceptors (Lipinski definition) is 6. The van der Waals surface area contributed by atoms with Crippen LogP contribution >= 0.6 is 0 Å². The summed E-state index contributed by atoms with van der Waals surface area (Å²) in [5.41, 5.74) is 0.724. The quantitative estimate of drug-likeness (QED) is 0.700. The molecule has 2 aromatic rings. The number of rotatable bonds is 8. The minimum Gasteiger partial charge on any atom is -0.497 e. The Balaban J connectivity index is 2.29. The molecule has 2 rings (SSSR count). The molecule has 8 heteroatoms. The van der Waals surface area contributed by atoms with Crippen molar-refractivity contribution in [2.75, 3.05) is 14.2 Å². The summed E-state index contributed by atoms with van der Waals surface area (Å²) < 4.78 is 10.1. The predicted octanol–water partition coefficient (Wildman–Crippen LogP) is 3.11. The molecule has 0 aliphatic carbocycles. The SMILES string of the molecule is COc1ccc(C(N=NC(C(=O)O)c2ccc(OC)cc2)C(=O)O)cc1. The maximum absolute atomic E-state index is 11.5. The van der Waals surface area contributed by atoms with Crippen molar-refractivity contribution in [2.45, 2.75) is 12.1 Å². The third-order valence-corrected chi connectivity index (χ3v) is 3.63. The summed E-state index contributed by atoms with van der Waals surface area (Å²) in [6.07, 6.45) is 0. The molecule has 0 amide bonds. The number of methoxy groups -OCH3 is 2. The van der Waals surface area contributed by atoms with Gasteiger partial charge < -0.3 is 19.7 Å². The van der Waals surface area contributed by atoms with Gasteiger partial charge in [0.1, 0.15) is 11.5 Å². The average molecular weight is 358 g/mol. The zero-order valence-electron chi connectivity index (χ0n) is 14.2. The van der Waals surface area contributed by atoms with Crippen LogP contribution in [0.15, 0.2) is 58.8 Å². The molecule has 0 fully saturated rings. The van der Waals surface area contributed by atoms with Crippen LogP contribution in [0.25, 0.3) is 0 Å². The van der Waals surface area contributed by atoms with Gasteiger partial charge in [0.25, 0.3) is 0 Å². The number of azo groups is 1. The zero-order chi connectivity index (χ0) is 19.1. The Labute approximate surface area is 149 Å². The van der Waals surface area contributed by atoms with Gasteiger partial charge in [-0.25, -0.2) is 9.59 Å². The molecule has 0 heterocycles. The van der Waals surface area contributed by atoms with Crippen molar-refractivity contribution < 1.29 is 29.3 Å². The van der Waals surface area contributed by atoms with Crippen LogP contribution in [0.4, 0.5) is 0 Å². The van der Waals surface area contributed by atoms with Gasteiger partial charge in [-0.05, 0) is 35.4 Å². The van der Waals surface area contributed by atoms with E-state index in [4.69, 9.17) is 9.47 Å². The van der Waals surface area contributed by atoms with Gasteiger partial charge in [0, 0.05) is 0 Å². The molecular weight excluding hydrogens is 340 g/mol. The Bertz CT molecular complexity index is 719. The first-order valence-electron chi connectivity index (χ1n) is 7.59. The van der Waals surface area contributed by atoms with E-state index >= 15 is 0 Å². The first-order valence-corrected chi connectivity index (χ1v) is 7.59. The van der Waals surface area contributed by atoms with Crippen LogP contribution in [0.3, 0.4) is 0 Å². The van der Waals surface area contributed by atoms with E-state index in [1.165, 1.54) is 14.2 Å². The fourth-order valence-electron chi connectivity index (χ4n) is 2.22. The van der Waals surface area contributed by atoms with Crippen LogP contribution in [0.2, 0.25) is 0 Å². The lowest BCUT2D eigenvalue weighted by atomic mass is 10.1. The van der Waals surface area contributed by atoms with Gasteiger partial charge in [-0.15, -0.1) is 0 Å². The first kappa shape index (κ1) is 18.9. The largest absolute Gasteiger partial charge is 0.497 e. The minimum atomic E-state index is -1.32. The molecule has 0 saturated carbocycles. The molecule has 26 heavy (non-hydrogen) atoms. The molecule has 8 nitrogen and oxygen atoms in total. The van der Waals surface area contributed by atoms with E-state index < -0.39 is 24.0 Å².